The molecular formula is C18H17NO. The fourth-order valence-electron chi connectivity index (χ4n) is 2.67. The number of benzene rings is 2. The zero-order chi connectivity index (χ0) is 13.8. The number of allylic oxidation sites excluding steroid dienone is 1. The first-order valence-electron chi connectivity index (χ1n) is 6.89. The Morgan fingerprint density at radius 3 is 2.65 bits per heavy atom. The highest BCUT2D eigenvalue weighted by atomic mass is 16.4. The number of nitrogens with zero attached hydrogens (tertiary/aromatic N) is 1. The van der Waals surface area contributed by atoms with Gasteiger partial charge in [0.05, 0.1) is 6.21 Å². The van der Waals surface area contributed by atoms with Crippen LogP contribution in [0.15, 0.2) is 59.3 Å². The Labute approximate surface area is 119 Å². The van der Waals surface area contributed by atoms with Crippen molar-refractivity contribution >= 4 is 12.3 Å². The Bertz CT molecular complexity index is 656. The number of fused-ring (bicyclic) bond motifs is 1. The number of oxime groups is 1. The summed E-state index contributed by atoms with van der Waals surface area (Å²) in [5, 5.41) is 11.8. The largest absolute Gasteiger partial charge is 0.411 e. The summed E-state index contributed by atoms with van der Waals surface area (Å²) in [4.78, 5) is 0. The fourth-order valence-corrected chi connectivity index (χ4v) is 2.67. The maximum absolute atomic E-state index is 8.64. The van der Waals surface area contributed by atoms with E-state index in [9.17, 15) is 0 Å². The predicted octanol–water partition coefficient (Wildman–Crippen LogP) is 4.07. The van der Waals surface area contributed by atoms with E-state index < -0.39 is 0 Å². The summed E-state index contributed by atoms with van der Waals surface area (Å²) in [5.74, 6) is 0. The second-order valence-corrected chi connectivity index (χ2v) is 5.16. The van der Waals surface area contributed by atoms with Gasteiger partial charge in [-0.25, -0.2) is 0 Å². The minimum Gasteiger partial charge on any atom is -0.411 e. The molecule has 3 rings (SSSR count). The van der Waals surface area contributed by atoms with E-state index >= 15 is 0 Å². The Morgan fingerprint density at radius 2 is 1.85 bits per heavy atom. The highest BCUT2D eigenvalue weighted by Gasteiger charge is 2.10. The molecule has 0 bridgehead atoms. The van der Waals surface area contributed by atoms with Crippen LogP contribution in [0.3, 0.4) is 0 Å². The molecule has 0 radical (unpaired) electrons. The molecule has 1 aliphatic rings. The Hall–Kier alpha value is -2.35. The van der Waals surface area contributed by atoms with Crippen molar-refractivity contribution in [1.82, 2.24) is 0 Å². The topological polar surface area (TPSA) is 32.6 Å². The average Bonchev–Trinajstić information content (AvgIpc) is 2.48. The van der Waals surface area contributed by atoms with Crippen molar-refractivity contribution in [3.05, 3.63) is 76.4 Å². The van der Waals surface area contributed by atoms with Crippen LogP contribution >= 0.6 is 0 Å². The summed E-state index contributed by atoms with van der Waals surface area (Å²) < 4.78 is 0. The molecular weight excluding hydrogens is 246 g/mol. The third kappa shape index (κ3) is 2.80. The minimum atomic E-state index is 0.940. The molecule has 0 atom stereocenters. The lowest BCUT2D eigenvalue weighted by Gasteiger charge is -2.15. The van der Waals surface area contributed by atoms with Gasteiger partial charge in [-0.05, 0) is 53.2 Å². The van der Waals surface area contributed by atoms with E-state index in [1.165, 1.54) is 28.5 Å². The van der Waals surface area contributed by atoms with Crippen molar-refractivity contribution in [2.24, 2.45) is 5.16 Å². The first-order valence-corrected chi connectivity index (χ1v) is 6.89. The van der Waals surface area contributed by atoms with Crippen LogP contribution in [-0.4, -0.2) is 11.4 Å². The van der Waals surface area contributed by atoms with E-state index in [4.69, 9.17) is 5.21 Å². The molecule has 0 aromatic heterocycles. The fraction of sp³-hybridized carbons (Fsp3) is 0.167. The molecule has 20 heavy (non-hydrogen) atoms. The van der Waals surface area contributed by atoms with Crippen molar-refractivity contribution in [2.75, 3.05) is 0 Å². The molecule has 0 unspecified atom stereocenters. The van der Waals surface area contributed by atoms with Crippen molar-refractivity contribution in [3.8, 4) is 0 Å². The van der Waals surface area contributed by atoms with Crippen LogP contribution in [0.25, 0.3) is 6.08 Å². The third-order valence-electron chi connectivity index (χ3n) is 3.71. The lowest BCUT2D eigenvalue weighted by atomic mass is 9.90. The molecule has 2 aromatic carbocycles. The van der Waals surface area contributed by atoms with Crippen LogP contribution in [0, 0.1) is 0 Å². The number of hydrogen-bond donors (Lipinski definition) is 1. The SMILES string of the molecule is ON=CC1=Cc2cc(Cc3ccccc3)ccc2CC1. The summed E-state index contributed by atoms with van der Waals surface area (Å²) in [5.41, 5.74) is 6.34. The van der Waals surface area contributed by atoms with Gasteiger partial charge in [-0.15, -0.1) is 0 Å². The van der Waals surface area contributed by atoms with Crippen molar-refractivity contribution < 1.29 is 5.21 Å². The molecule has 0 aliphatic heterocycles. The molecule has 0 amide bonds. The molecule has 0 saturated heterocycles. The first-order chi connectivity index (χ1) is 9.85. The number of rotatable bonds is 3. The second kappa shape index (κ2) is 5.74. The van der Waals surface area contributed by atoms with Gasteiger partial charge < -0.3 is 5.21 Å². The van der Waals surface area contributed by atoms with Crippen molar-refractivity contribution in [2.45, 2.75) is 19.3 Å². The lowest BCUT2D eigenvalue weighted by Crippen LogP contribution is -2.01. The van der Waals surface area contributed by atoms with Gasteiger partial charge in [-0.3, -0.25) is 0 Å². The quantitative estimate of drug-likeness (QED) is 0.505. The summed E-state index contributed by atoms with van der Waals surface area (Å²) in [6.45, 7) is 0. The first kappa shape index (κ1) is 12.7. The standard InChI is InChI=1S/C18H17NO/c20-19-13-16-7-9-17-8-6-15(11-18(17)12-16)10-14-4-2-1-3-5-14/h1-6,8,11-13,20H,7,9-10H2. The molecule has 100 valence electrons. The Balaban J connectivity index is 1.88. The zero-order valence-corrected chi connectivity index (χ0v) is 11.3. The smallest absolute Gasteiger partial charge is 0.0693 e. The van der Waals surface area contributed by atoms with E-state index in [0.717, 1.165) is 24.8 Å². The molecule has 2 aromatic rings. The molecule has 0 heterocycles. The molecule has 0 spiro atoms. The molecule has 2 heteroatoms. The van der Waals surface area contributed by atoms with Crippen molar-refractivity contribution in [3.63, 3.8) is 0 Å². The van der Waals surface area contributed by atoms with Gasteiger partial charge in [-0.1, -0.05) is 53.7 Å². The number of aryl methyl sites for hydroxylation is 1. The van der Waals surface area contributed by atoms with Crippen LogP contribution in [-0.2, 0) is 12.8 Å². The van der Waals surface area contributed by atoms with Gasteiger partial charge in [0, 0.05) is 0 Å². The molecule has 1 N–H and O–H groups in total. The Morgan fingerprint density at radius 1 is 1.00 bits per heavy atom. The highest BCUT2D eigenvalue weighted by molar-refractivity contribution is 5.86. The maximum Gasteiger partial charge on any atom is 0.0693 e. The summed E-state index contributed by atoms with van der Waals surface area (Å²) in [6, 6.07) is 17.2. The zero-order valence-electron chi connectivity index (χ0n) is 11.3. The van der Waals surface area contributed by atoms with E-state index in [1.54, 1.807) is 0 Å². The average molecular weight is 263 g/mol. The van der Waals surface area contributed by atoms with Gasteiger partial charge in [-0.2, -0.15) is 0 Å². The molecule has 0 saturated carbocycles. The summed E-state index contributed by atoms with van der Waals surface area (Å²) in [7, 11) is 0. The molecule has 0 fully saturated rings. The van der Waals surface area contributed by atoms with E-state index in [-0.39, 0.29) is 0 Å². The van der Waals surface area contributed by atoms with E-state index in [1.807, 2.05) is 6.07 Å². The van der Waals surface area contributed by atoms with Crippen LogP contribution in [0.1, 0.15) is 28.7 Å². The van der Waals surface area contributed by atoms with E-state index in [0.29, 0.717) is 0 Å². The minimum absolute atomic E-state index is 0.940. The van der Waals surface area contributed by atoms with Gasteiger partial charge in [0.15, 0.2) is 0 Å². The Kier molecular flexibility index (Phi) is 3.64. The van der Waals surface area contributed by atoms with Gasteiger partial charge in [0.1, 0.15) is 0 Å². The van der Waals surface area contributed by atoms with Crippen LogP contribution in [0.4, 0.5) is 0 Å². The van der Waals surface area contributed by atoms with Crippen LogP contribution < -0.4 is 0 Å². The van der Waals surface area contributed by atoms with Gasteiger partial charge >= 0.3 is 0 Å². The summed E-state index contributed by atoms with van der Waals surface area (Å²) in [6.07, 6.45) is 6.55. The second-order valence-electron chi connectivity index (χ2n) is 5.16. The monoisotopic (exact) mass is 263 g/mol. The van der Waals surface area contributed by atoms with E-state index in [2.05, 4.69) is 53.7 Å². The predicted molar refractivity (Wildman–Crippen MR) is 82.3 cm³/mol. The van der Waals surface area contributed by atoms with Gasteiger partial charge in [0.25, 0.3) is 0 Å². The normalized spacial score (nSPS) is 14.1. The highest BCUT2D eigenvalue weighted by Crippen LogP contribution is 2.25. The third-order valence-corrected chi connectivity index (χ3v) is 3.71. The maximum atomic E-state index is 8.64. The van der Waals surface area contributed by atoms with Crippen molar-refractivity contribution in [1.29, 1.82) is 0 Å². The number of hydrogen-bond acceptors (Lipinski definition) is 2. The lowest BCUT2D eigenvalue weighted by molar-refractivity contribution is 0.321. The van der Waals surface area contributed by atoms with Crippen LogP contribution in [0.2, 0.25) is 0 Å². The molecule has 1 aliphatic carbocycles. The van der Waals surface area contributed by atoms with Crippen LogP contribution in [0.5, 0.6) is 0 Å². The van der Waals surface area contributed by atoms with Gasteiger partial charge in [0.2, 0.25) is 0 Å². The molecule has 2 nitrogen and oxygen atoms in total. The summed E-state index contributed by atoms with van der Waals surface area (Å²) >= 11 is 0.